The fraction of sp³-hybridized carbons (Fsp3) is 0.286. The molecule has 1 aliphatic heterocycles. The van der Waals surface area contributed by atoms with E-state index in [-0.39, 0.29) is 12.3 Å². The molecule has 0 bridgehead atoms. The van der Waals surface area contributed by atoms with Gasteiger partial charge in [0.2, 0.25) is 5.91 Å². The number of amides is 1. The number of hydrogen-bond donors (Lipinski definition) is 1. The van der Waals surface area contributed by atoms with Gasteiger partial charge in [0.25, 0.3) is 0 Å². The Morgan fingerprint density at radius 3 is 2.76 bits per heavy atom. The van der Waals surface area contributed by atoms with Gasteiger partial charge in [-0.3, -0.25) is 4.79 Å². The molecule has 1 atom stereocenters. The molecule has 2 rings (SSSR count). The quantitative estimate of drug-likeness (QED) is 0.842. The summed E-state index contributed by atoms with van der Waals surface area (Å²) in [5.41, 5.74) is 1.06. The van der Waals surface area contributed by atoms with Gasteiger partial charge in [0.15, 0.2) is 0 Å². The van der Waals surface area contributed by atoms with Crippen LogP contribution in [0.3, 0.4) is 0 Å². The first-order chi connectivity index (χ1) is 9.92. The highest BCUT2D eigenvalue weighted by molar-refractivity contribution is 6.33. The lowest BCUT2D eigenvalue weighted by molar-refractivity contribution is -0.121. The molecule has 1 heterocycles. The number of carbonyl (C=O) groups is 2. The highest BCUT2D eigenvalue weighted by Crippen LogP contribution is 2.38. The standard InChI is InChI=1S/C14H13Cl2NO4/c1-7-13(21-14(19)20-2)10(6-12(18)17-7)9-5-8(15)3-4-11(9)16/h3-5,10H,6H2,1-2H3,(H,17,18). The second kappa shape index (κ2) is 6.37. The number of benzene rings is 1. The van der Waals surface area contributed by atoms with E-state index < -0.39 is 12.1 Å². The molecule has 1 aromatic rings. The first-order valence-corrected chi connectivity index (χ1v) is 6.89. The van der Waals surface area contributed by atoms with Crippen molar-refractivity contribution in [1.29, 1.82) is 0 Å². The Balaban J connectivity index is 2.47. The van der Waals surface area contributed by atoms with Crippen molar-refractivity contribution in [3.8, 4) is 0 Å². The van der Waals surface area contributed by atoms with E-state index in [4.69, 9.17) is 27.9 Å². The van der Waals surface area contributed by atoms with E-state index in [1.807, 2.05) is 0 Å². The minimum absolute atomic E-state index is 0.101. The number of allylic oxidation sites excluding steroid dienone is 2. The van der Waals surface area contributed by atoms with E-state index in [1.54, 1.807) is 25.1 Å². The van der Waals surface area contributed by atoms with Crippen LogP contribution in [0.5, 0.6) is 0 Å². The van der Waals surface area contributed by atoms with Crippen LogP contribution in [-0.4, -0.2) is 19.2 Å². The van der Waals surface area contributed by atoms with Crippen molar-refractivity contribution in [2.24, 2.45) is 0 Å². The molecule has 0 aliphatic carbocycles. The van der Waals surface area contributed by atoms with E-state index in [9.17, 15) is 9.59 Å². The molecule has 0 aromatic heterocycles. The molecule has 1 N–H and O–H groups in total. The molecule has 5 nitrogen and oxygen atoms in total. The van der Waals surface area contributed by atoms with Crippen molar-refractivity contribution < 1.29 is 19.1 Å². The van der Waals surface area contributed by atoms with Crippen molar-refractivity contribution in [3.05, 3.63) is 45.3 Å². The fourth-order valence-electron chi connectivity index (χ4n) is 2.17. The largest absolute Gasteiger partial charge is 0.513 e. The van der Waals surface area contributed by atoms with Gasteiger partial charge in [-0.2, -0.15) is 0 Å². The van der Waals surface area contributed by atoms with Crippen LogP contribution >= 0.6 is 23.2 Å². The second-order valence-corrected chi connectivity index (χ2v) is 5.36. The zero-order valence-corrected chi connectivity index (χ0v) is 12.9. The summed E-state index contributed by atoms with van der Waals surface area (Å²) in [6, 6.07) is 4.94. The summed E-state index contributed by atoms with van der Waals surface area (Å²) in [6.07, 6.45) is -0.757. The zero-order valence-electron chi connectivity index (χ0n) is 11.4. The molecule has 7 heteroatoms. The second-order valence-electron chi connectivity index (χ2n) is 4.52. The van der Waals surface area contributed by atoms with Gasteiger partial charge >= 0.3 is 6.16 Å². The van der Waals surface area contributed by atoms with Gasteiger partial charge in [0.05, 0.1) is 18.7 Å². The summed E-state index contributed by atoms with van der Waals surface area (Å²) in [4.78, 5) is 23.1. The first kappa shape index (κ1) is 15.7. The lowest BCUT2D eigenvalue weighted by atomic mass is 9.90. The third-order valence-electron chi connectivity index (χ3n) is 3.10. The summed E-state index contributed by atoms with van der Waals surface area (Å²) < 4.78 is 9.66. The lowest BCUT2D eigenvalue weighted by Crippen LogP contribution is -2.32. The predicted octanol–water partition coefficient (Wildman–Crippen LogP) is 3.61. The number of hydrogen-bond acceptors (Lipinski definition) is 4. The SMILES string of the molecule is COC(=O)OC1=C(C)NC(=O)CC1c1cc(Cl)ccc1Cl. The molecule has 0 fully saturated rings. The Kier molecular flexibility index (Phi) is 4.75. The number of ether oxygens (including phenoxy) is 2. The fourth-order valence-corrected chi connectivity index (χ4v) is 2.60. The topological polar surface area (TPSA) is 64.6 Å². The van der Waals surface area contributed by atoms with Crippen LogP contribution in [0, 0.1) is 0 Å². The summed E-state index contributed by atoms with van der Waals surface area (Å²) >= 11 is 12.2. The van der Waals surface area contributed by atoms with Gasteiger partial charge in [-0.05, 0) is 30.7 Å². The molecule has 1 aromatic carbocycles. The number of halogens is 2. The van der Waals surface area contributed by atoms with Crippen molar-refractivity contribution in [2.45, 2.75) is 19.3 Å². The van der Waals surface area contributed by atoms with E-state index in [0.717, 1.165) is 0 Å². The molecule has 0 saturated carbocycles. The zero-order chi connectivity index (χ0) is 15.6. The number of rotatable bonds is 2. The Labute approximate surface area is 131 Å². The van der Waals surface area contributed by atoms with Gasteiger partial charge in [-0.25, -0.2) is 4.79 Å². The molecule has 0 spiro atoms. The summed E-state index contributed by atoms with van der Waals surface area (Å²) in [7, 11) is 1.21. The molecule has 112 valence electrons. The molecular weight excluding hydrogens is 317 g/mol. The average molecular weight is 330 g/mol. The van der Waals surface area contributed by atoms with Crippen LogP contribution in [-0.2, 0) is 14.3 Å². The van der Waals surface area contributed by atoms with Crippen LogP contribution in [0.25, 0.3) is 0 Å². The third kappa shape index (κ3) is 3.49. The Morgan fingerprint density at radius 1 is 1.38 bits per heavy atom. The molecule has 21 heavy (non-hydrogen) atoms. The van der Waals surface area contributed by atoms with Crippen LogP contribution in [0.1, 0.15) is 24.8 Å². The van der Waals surface area contributed by atoms with Crippen LogP contribution in [0.4, 0.5) is 4.79 Å². The van der Waals surface area contributed by atoms with Gasteiger partial charge < -0.3 is 14.8 Å². The monoisotopic (exact) mass is 329 g/mol. The number of carbonyl (C=O) groups excluding carboxylic acids is 2. The minimum Gasteiger partial charge on any atom is -0.437 e. The van der Waals surface area contributed by atoms with E-state index >= 15 is 0 Å². The third-order valence-corrected chi connectivity index (χ3v) is 3.68. The Bertz CT molecular complexity index is 627. The Hall–Kier alpha value is -1.72. The minimum atomic E-state index is -0.858. The maximum absolute atomic E-state index is 11.8. The maximum Gasteiger partial charge on any atom is 0.513 e. The van der Waals surface area contributed by atoms with Gasteiger partial charge in [0, 0.05) is 16.5 Å². The molecule has 1 unspecified atom stereocenters. The smallest absolute Gasteiger partial charge is 0.437 e. The molecule has 0 saturated heterocycles. The molecular formula is C14H13Cl2NO4. The molecule has 1 amide bonds. The first-order valence-electron chi connectivity index (χ1n) is 6.13. The van der Waals surface area contributed by atoms with Gasteiger partial charge in [-0.15, -0.1) is 0 Å². The lowest BCUT2D eigenvalue weighted by Gasteiger charge is -2.27. The van der Waals surface area contributed by atoms with Crippen LogP contribution < -0.4 is 5.32 Å². The van der Waals surface area contributed by atoms with Crippen molar-refractivity contribution in [3.63, 3.8) is 0 Å². The Morgan fingerprint density at radius 2 is 2.10 bits per heavy atom. The van der Waals surface area contributed by atoms with Crippen molar-refractivity contribution >= 4 is 35.3 Å². The predicted molar refractivity (Wildman–Crippen MR) is 78.2 cm³/mol. The number of nitrogens with one attached hydrogen (secondary N) is 1. The van der Waals surface area contributed by atoms with Crippen LogP contribution in [0.15, 0.2) is 29.7 Å². The van der Waals surface area contributed by atoms with Crippen molar-refractivity contribution in [1.82, 2.24) is 5.32 Å². The molecule has 1 aliphatic rings. The van der Waals surface area contributed by atoms with Crippen molar-refractivity contribution in [2.75, 3.05) is 7.11 Å². The summed E-state index contributed by atoms with van der Waals surface area (Å²) in [5.74, 6) is -0.388. The normalized spacial score (nSPS) is 18.3. The summed E-state index contributed by atoms with van der Waals surface area (Å²) in [5, 5.41) is 3.55. The average Bonchev–Trinajstić information content (AvgIpc) is 2.44. The van der Waals surface area contributed by atoms with Gasteiger partial charge in [0.1, 0.15) is 5.76 Å². The molecule has 0 radical (unpaired) electrons. The van der Waals surface area contributed by atoms with E-state index in [1.165, 1.54) is 7.11 Å². The van der Waals surface area contributed by atoms with Gasteiger partial charge in [-0.1, -0.05) is 23.2 Å². The van der Waals surface area contributed by atoms with Crippen LogP contribution in [0.2, 0.25) is 10.0 Å². The maximum atomic E-state index is 11.8. The van der Waals surface area contributed by atoms with E-state index in [0.29, 0.717) is 27.1 Å². The highest BCUT2D eigenvalue weighted by atomic mass is 35.5. The summed E-state index contributed by atoms with van der Waals surface area (Å²) in [6.45, 7) is 1.64. The number of methoxy groups -OCH3 is 1. The highest BCUT2D eigenvalue weighted by Gasteiger charge is 2.32. The van der Waals surface area contributed by atoms with E-state index in [2.05, 4.69) is 10.1 Å².